The standard InChI is InChI=1S/C12H12N4O/c1-7-12(11(5-13)16-17-7)8-2-3-9-10(4-8)15-6-14-9/h2-4,6H,5,13H2,1H3,(H,14,15). The van der Waals surface area contributed by atoms with Gasteiger partial charge in [-0.15, -0.1) is 0 Å². The van der Waals surface area contributed by atoms with E-state index in [9.17, 15) is 0 Å². The minimum Gasteiger partial charge on any atom is -0.361 e. The summed E-state index contributed by atoms with van der Waals surface area (Å²) < 4.78 is 5.18. The Bertz CT molecular complexity index is 668. The second-order valence-electron chi connectivity index (χ2n) is 3.90. The van der Waals surface area contributed by atoms with Crippen LogP contribution in [0, 0.1) is 6.92 Å². The summed E-state index contributed by atoms with van der Waals surface area (Å²) in [5, 5.41) is 3.95. The highest BCUT2D eigenvalue weighted by atomic mass is 16.5. The summed E-state index contributed by atoms with van der Waals surface area (Å²) >= 11 is 0. The Hall–Kier alpha value is -2.14. The summed E-state index contributed by atoms with van der Waals surface area (Å²) in [6, 6.07) is 6.00. The maximum absolute atomic E-state index is 5.65. The summed E-state index contributed by atoms with van der Waals surface area (Å²) in [5.41, 5.74) is 10.4. The van der Waals surface area contributed by atoms with Gasteiger partial charge in [0.05, 0.1) is 17.4 Å². The van der Waals surface area contributed by atoms with Crippen molar-refractivity contribution in [1.82, 2.24) is 15.1 Å². The van der Waals surface area contributed by atoms with E-state index in [4.69, 9.17) is 10.3 Å². The zero-order chi connectivity index (χ0) is 11.8. The van der Waals surface area contributed by atoms with Crippen LogP contribution in [0.25, 0.3) is 22.2 Å². The van der Waals surface area contributed by atoms with Gasteiger partial charge >= 0.3 is 0 Å². The molecule has 0 atom stereocenters. The summed E-state index contributed by atoms with van der Waals surface area (Å²) in [6.45, 7) is 2.26. The van der Waals surface area contributed by atoms with Crippen molar-refractivity contribution >= 4 is 11.0 Å². The molecule has 5 nitrogen and oxygen atoms in total. The molecule has 86 valence electrons. The van der Waals surface area contributed by atoms with Gasteiger partial charge in [0, 0.05) is 12.1 Å². The lowest BCUT2D eigenvalue weighted by Gasteiger charge is -2.01. The Morgan fingerprint density at radius 2 is 2.29 bits per heavy atom. The molecule has 5 heteroatoms. The van der Waals surface area contributed by atoms with Crippen LogP contribution in [0.4, 0.5) is 0 Å². The fourth-order valence-corrected chi connectivity index (χ4v) is 2.02. The lowest BCUT2D eigenvalue weighted by Crippen LogP contribution is -1.98. The SMILES string of the molecule is Cc1onc(CN)c1-c1ccc2nc[nH]c2c1. The lowest BCUT2D eigenvalue weighted by molar-refractivity contribution is 0.391. The maximum Gasteiger partial charge on any atom is 0.141 e. The van der Waals surface area contributed by atoms with Crippen molar-refractivity contribution in [3.63, 3.8) is 0 Å². The Balaban J connectivity index is 2.22. The number of rotatable bonds is 2. The fourth-order valence-electron chi connectivity index (χ4n) is 2.02. The van der Waals surface area contributed by atoms with E-state index in [2.05, 4.69) is 15.1 Å². The minimum atomic E-state index is 0.369. The monoisotopic (exact) mass is 228 g/mol. The summed E-state index contributed by atoms with van der Waals surface area (Å²) in [4.78, 5) is 7.27. The number of aryl methyl sites for hydroxylation is 1. The molecule has 0 fully saturated rings. The summed E-state index contributed by atoms with van der Waals surface area (Å²) in [7, 11) is 0. The summed E-state index contributed by atoms with van der Waals surface area (Å²) in [6.07, 6.45) is 1.68. The van der Waals surface area contributed by atoms with Crippen LogP contribution in [0.5, 0.6) is 0 Å². The molecule has 0 radical (unpaired) electrons. The third-order valence-electron chi connectivity index (χ3n) is 2.84. The number of benzene rings is 1. The van der Waals surface area contributed by atoms with Gasteiger partial charge in [-0.25, -0.2) is 4.98 Å². The zero-order valence-corrected chi connectivity index (χ0v) is 9.40. The molecule has 3 N–H and O–H groups in total. The van der Waals surface area contributed by atoms with Crippen molar-refractivity contribution in [3.8, 4) is 11.1 Å². The lowest BCUT2D eigenvalue weighted by atomic mass is 10.0. The molecule has 0 spiro atoms. The number of nitrogens with one attached hydrogen (secondary N) is 1. The minimum absolute atomic E-state index is 0.369. The number of hydrogen-bond acceptors (Lipinski definition) is 4. The van der Waals surface area contributed by atoms with E-state index in [0.29, 0.717) is 6.54 Å². The predicted octanol–water partition coefficient (Wildman–Crippen LogP) is 1.99. The maximum atomic E-state index is 5.65. The Morgan fingerprint density at radius 1 is 1.41 bits per heavy atom. The average Bonchev–Trinajstić information content (AvgIpc) is 2.93. The molecule has 0 unspecified atom stereocenters. The van der Waals surface area contributed by atoms with E-state index in [1.165, 1.54) is 0 Å². The number of imidazole rings is 1. The highest BCUT2D eigenvalue weighted by molar-refractivity contribution is 5.82. The van der Waals surface area contributed by atoms with Crippen LogP contribution in [0.2, 0.25) is 0 Å². The highest BCUT2D eigenvalue weighted by Crippen LogP contribution is 2.28. The molecule has 0 aliphatic rings. The highest BCUT2D eigenvalue weighted by Gasteiger charge is 2.14. The van der Waals surface area contributed by atoms with Crippen LogP contribution >= 0.6 is 0 Å². The van der Waals surface area contributed by atoms with Gasteiger partial charge in [0.1, 0.15) is 11.5 Å². The van der Waals surface area contributed by atoms with E-state index in [0.717, 1.165) is 33.6 Å². The first-order chi connectivity index (χ1) is 8.29. The first-order valence-corrected chi connectivity index (χ1v) is 5.38. The average molecular weight is 228 g/mol. The Morgan fingerprint density at radius 3 is 3.12 bits per heavy atom. The predicted molar refractivity (Wildman–Crippen MR) is 64.2 cm³/mol. The van der Waals surface area contributed by atoms with Gasteiger partial charge in [0.15, 0.2) is 0 Å². The second-order valence-corrected chi connectivity index (χ2v) is 3.90. The normalized spacial score (nSPS) is 11.2. The Kier molecular flexibility index (Phi) is 2.19. The van der Waals surface area contributed by atoms with Crippen LogP contribution < -0.4 is 5.73 Å². The van der Waals surface area contributed by atoms with E-state index >= 15 is 0 Å². The van der Waals surface area contributed by atoms with Gasteiger partial charge in [-0.1, -0.05) is 11.2 Å². The van der Waals surface area contributed by atoms with Crippen molar-refractivity contribution in [3.05, 3.63) is 36.0 Å². The number of nitrogens with two attached hydrogens (primary N) is 1. The van der Waals surface area contributed by atoms with Crippen LogP contribution in [-0.4, -0.2) is 15.1 Å². The molecule has 3 aromatic rings. The molecule has 0 saturated heterocycles. The van der Waals surface area contributed by atoms with Gasteiger partial charge in [0.2, 0.25) is 0 Å². The van der Waals surface area contributed by atoms with Crippen molar-refractivity contribution < 1.29 is 4.52 Å². The van der Waals surface area contributed by atoms with E-state index < -0.39 is 0 Å². The molecule has 2 heterocycles. The zero-order valence-electron chi connectivity index (χ0n) is 9.40. The smallest absolute Gasteiger partial charge is 0.141 e. The third kappa shape index (κ3) is 1.52. The third-order valence-corrected chi connectivity index (χ3v) is 2.84. The Labute approximate surface area is 97.6 Å². The number of nitrogens with zero attached hydrogens (tertiary/aromatic N) is 2. The van der Waals surface area contributed by atoms with Crippen LogP contribution in [0.3, 0.4) is 0 Å². The molecule has 0 bridgehead atoms. The number of aromatic amines is 1. The van der Waals surface area contributed by atoms with Gasteiger partial charge in [-0.3, -0.25) is 0 Å². The first kappa shape index (κ1) is 10.0. The van der Waals surface area contributed by atoms with E-state index in [1.807, 2.05) is 25.1 Å². The van der Waals surface area contributed by atoms with Gasteiger partial charge in [-0.2, -0.15) is 0 Å². The van der Waals surface area contributed by atoms with Gasteiger partial charge in [-0.05, 0) is 24.6 Å². The molecule has 0 amide bonds. The van der Waals surface area contributed by atoms with E-state index in [-0.39, 0.29) is 0 Å². The van der Waals surface area contributed by atoms with Crippen molar-refractivity contribution in [1.29, 1.82) is 0 Å². The largest absolute Gasteiger partial charge is 0.361 e. The second kappa shape index (κ2) is 3.71. The van der Waals surface area contributed by atoms with Gasteiger partial charge < -0.3 is 15.2 Å². The molecule has 1 aromatic carbocycles. The van der Waals surface area contributed by atoms with Crippen molar-refractivity contribution in [2.75, 3.05) is 0 Å². The molecule has 3 rings (SSSR count). The van der Waals surface area contributed by atoms with Crippen LogP contribution in [0.1, 0.15) is 11.5 Å². The first-order valence-electron chi connectivity index (χ1n) is 5.38. The molecular weight excluding hydrogens is 216 g/mol. The molecular formula is C12H12N4O. The quantitative estimate of drug-likeness (QED) is 0.702. The van der Waals surface area contributed by atoms with Crippen LogP contribution in [-0.2, 0) is 6.54 Å². The van der Waals surface area contributed by atoms with Crippen LogP contribution in [0.15, 0.2) is 29.0 Å². The van der Waals surface area contributed by atoms with Crippen molar-refractivity contribution in [2.45, 2.75) is 13.5 Å². The number of H-pyrrole nitrogens is 1. The number of aromatic nitrogens is 3. The van der Waals surface area contributed by atoms with E-state index in [1.54, 1.807) is 6.33 Å². The molecule has 0 aliphatic carbocycles. The van der Waals surface area contributed by atoms with Gasteiger partial charge in [0.25, 0.3) is 0 Å². The topological polar surface area (TPSA) is 80.7 Å². The molecule has 17 heavy (non-hydrogen) atoms. The summed E-state index contributed by atoms with van der Waals surface area (Å²) in [5.74, 6) is 0.782. The molecule has 0 saturated carbocycles. The molecule has 2 aromatic heterocycles. The van der Waals surface area contributed by atoms with Crippen molar-refractivity contribution in [2.24, 2.45) is 5.73 Å². The fraction of sp³-hybridized carbons (Fsp3) is 0.167. The number of fused-ring (bicyclic) bond motifs is 1. The molecule has 0 aliphatic heterocycles. The number of hydrogen-bond donors (Lipinski definition) is 2.